The van der Waals surface area contributed by atoms with Gasteiger partial charge in [0.15, 0.2) is 0 Å². The molecule has 4 rings (SSSR count). The molecule has 0 bridgehead atoms. The van der Waals surface area contributed by atoms with Crippen LogP contribution in [0.1, 0.15) is 5.76 Å². The van der Waals surface area contributed by atoms with E-state index in [0.29, 0.717) is 11.1 Å². The highest BCUT2D eigenvalue weighted by atomic mass is 32.2. The van der Waals surface area contributed by atoms with E-state index < -0.39 is 0 Å². The van der Waals surface area contributed by atoms with Gasteiger partial charge >= 0.3 is 0 Å². The summed E-state index contributed by atoms with van der Waals surface area (Å²) in [5.74, 6) is 1.19. The van der Waals surface area contributed by atoms with Crippen LogP contribution < -0.4 is 0 Å². The molecule has 0 atom stereocenters. The van der Waals surface area contributed by atoms with Crippen molar-refractivity contribution in [2.75, 3.05) is 0 Å². The lowest BCUT2D eigenvalue weighted by Gasteiger charge is -1.96. The molecule has 0 aliphatic heterocycles. The zero-order valence-electron chi connectivity index (χ0n) is 10.8. The standard InChI is InChI=1S/C13H8N4O2S2/c1-7-8(2-4-18-7)10-16-17-13(19-10)21-12-9-3-5-20-11(9)14-6-15-12/h2-6H,1H3. The first-order chi connectivity index (χ1) is 10.3. The van der Waals surface area contributed by atoms with Gasteiger partial charge in [-0.2, -0.15) is 0 Å². The van der Waals surface area contributed by atoms with Crippen molar-refractivity contribution in [3.8, 4) is 11.5 Å². The third-order valence-corrected chi connectivity index (χ3v) is 4.58. The minimum absolute atomic E-state index is 0.441. The summed E-state index contributed by atoms with van der Waals surface area (Å²) in [5.41, 5.74) is 0.803. The van der Waals surface area contributed by atoms with Gasteiger partial charge in [0.05, 0.1) is 11.8 Å². The van der Waals surface area contributed by atoms with E-state index in [0.717, 1.165) is 26.6 Å². The molecule has 0 fully saturated rings. The topological polar surface area (TPSA) is 77.8 Å². The minimum atomic E-state index is 0.441. The fraction of sp³-hybridized carbons (Fsp3) is 0.0769. The maximum Gasteiger partial charge on any atom is 0.283 e. The minimum Gasteiger partial charge on any atom is -0.469 e. The number of aryl methyl sites for hydroxylation is 1. The van der Waals surface area contributed by atoms with Crippen molar-refractivity contribution in [1.82, 2.24) is 20.2 Å². The Morgan fingerprint density at radius 1 is 1.19 bits per heavy atom. The van der Waals surface area contributed by atoms with Crippen LogP contribution in [-0.2, 0) is 0 Å². The molecule has 4 aromatic heterocycles. The highest BCUT2D eigenvalue weighted by Crippen LogP contribution is 2.33. The third kappa shape index (κ3) is 2.22. The van der Waals surface area contributed by atoms with E-state index in [9.17, 15) is 0 Å². The first-order valence-electron chi connectivity index (χ1n) is 6.05. The summed E-state index contributed by atoms with van der Waals surface area (Å²) < 4.78 is 10.9. The van der Waals surface area contributed by atoms with Gasteiger partial charge in [0, 0.05) is 5.39 Å². The number of fused-ring (bicyclic) bond motifs is 1. The zero-order chi connectivity index (χ0) is 14.2. The fourth-order valence-corrected chi connectivity index (χ4v) is 3.44. The number of thiophene rings is 1. The van der Waals surface area contributed by atoms with Gasteiger partial charge in [0.25, 0.3) is 11.1 Å². The second-order valence-electron chi connectivity index (χ2n) is 4.18. The van der Waals surface area contributed by atoms with Crippen LogP contribution in [0, 0.1) is 6.92 Å². The lowest BCUT2D eigenvalue weighted by Crippen LogP contribution is -1.83. The summed E-state index contributed by atoms with van der Waals surface area (Å²) in [7, 11) is 0. The Labute approximate surface area is 127 Å². The molecule has 0 N–H and O–H groups in total. The molecule has 0 saturated carbocycles. The van der Waals surface area contributed by atoms with Crippen LogP contribution in [0.5, 0.6) is 0 Å². The Bertz CT molecular complexity index is 912. The van der Waals surface area contributed by atoms with Crippen molar-refractivity contribution in [1.29, 1.82) is 0 Å². The van der Waals surface area contributed by atoms with Gasteiger partial charge in [-0.25, -0.2) is 9.97 Å². The largest absolute Gasteiger partial charge is 0.469 e. The maximum absolute atomic E-state index is 5.66. The van der Waals surface area contributed by atoms with Crippen LogP contribution >= 0.6 is 23.1 Å². The van der Waals surface area contributed by atoms with Crippen LogP contribution in [0.25, 0.3) is 21.7 Å². The average Bonchev–Trinajstić information content (AvgIpc) is 3.18. The number of nitrogens with zero attached hydrogens (tertiary/aromatic N) is 4. The zero-order valence-corrected chi connectivity index (χ0v) is 12.4. The summed E-state index contributed by atoms with van der Waals surface area (Å²) in [6.45, 7) is 1.85. The molecular weight excluding hydrogens is 308 g/mol. The van der Waals surface area contributed by atoms with Crippen molar-refractivity contribution in [3.63, 3.8) is 0 Å². The number of furan rings is 1. The number of hydrogen-bond acceptors (Lipinski definition) is 8. The lowest BCUT2D eigenvalue weighted by atomic mass is 10.3. The van der Waals surface area contributed by atoms with Crippen LogP contribution in [-0.4, -0.2) is 20.2 Å². The second-order valence-corrected chi connectivity index (χ2v) is 6.02. The van der Waals surface area contributed by atoms with Gasteiger partial charge in [-0.05, 0) is 36.2 Å². The smallest absolute Gasteiger partial charge is 0.283 e. The van der Waals surface area contributed by atoms with E-state index in [-0.39, 0.29) is 0 Å². The molecule has 4 heterocycles. The molecule has 0 aliphatic carbocycles. The normalized spacial score (nSPS) is 11.3. The molecule has 0 aliphatic rings. The van der Waals surface area contributed by atoms with Crippen LogP contribution in [0.15, 0.2) is 49.2 Å². The monoisotopic (exact) mass is 316 g/mol. The molecule has 21 heavy (non-hydrogen) atoms. The van der Waals surface area contributed by atoms with Crippen LogP contribution in [0.3, 0.4) is 0 Å². The van der Waals surface area contributed by atoms with Gasteiger partial charge in [0.2, 0.25) is 0 Å². The first kappa shape index (κ1) is 12.5. The fourth-order valence-electron chi connectivity index (χ4n) is 1.90. The molecular formula is C13H8N4O2S2. The summed E-state index contributed by atoms with van der Waals surface area (Å²) >= 11 is 2.90. The Kier molecular flexibility index (Phi) is 2.97. The highest BCUT2D eigenvalue weighted by Gasteiger charge is 2.15. The quantitative estimate of drug-likeness (QED) is 0.532. The molecule has 0 amide bonds. The molecule has 6 nitrogen and oxygen atoms in total. The van der Waals surface area contributed by atoms with Crippen LogP contribution in [0.4, 0.5) is 0 Å². The molecule has 0 unspecified atom stereocenters. The van der Waals surface area contributed by atoms with Crippen molar-refractivity contribution >= 4 is 33.3 Å². The Morgan fingerprint density at radius 3 is 3.00 bits per heavy atom. The van der Waals surface area contributed by atoms with Gasteiger partial charge in [-0.15, -0.1) is 21.5 Å². The molecule has 0 spiro atoms. The predicted molar refractivity (Wildman–Crippen MR) is 78.3 cm³/mol. The van der Waals surface area contributed by atoms with E-state index in [1.807, 2.05) is 18.4 Å². The average molecular weight is 316 g/mol. The molecule has 8 heteroatoms. The van der Waals surface area contributed by atoms with Gasteiger partial charge < -0.3 is 8.83 Å². The molecule has 0 saturated heterocycles. The van der Waals surface area contributed by atoms with E-state index in [4.69, 9.17) is 8.83 Å². The molecule has 0 radical (unpaired) electrons. The van der Waals surface area contributed by atoms with Crippen molar-refractivity contribution < 1.29 is 8.83 Å². The van der Waals surface area contributed by atoms with E-state index >= 15 is 0 Å². The molecule has 4 aromatic rings. The van der Waals surface area contributed by atoms with Crippen molar-refractivity contribution in [2.45, 2.75) is 17.2 Å². The highest BCUT2D eigenvalue weighted by molar-refractivity contribution is 7.99. The van der Waals surface area contributed by atoms with E-state index in [2.05, 4.69) is 20.2 Å². The van der Waals surface area contributed by atoms with E-state index in [1.54, 1.807) is 30.0 Å². The number of hydrogen-bond donors (Lipinski definition) is 0. The summed E-state index contributed by atoms with van der Waals surface area (Å²) in [6.07, 6.45) is 3.14. The maximum atomic E-state index is 5.66. The van der Waals surface area contributed by atoms with Gasteiger partial charge in [0.1, 0.15) is 21.9 Å². The summed E-state index contributed by atoms with van der Waals surface area (Å²) in [4.78, 5) is 9.43. The van der Waals surface area contributed by atoms with Crippen molar-refractivity contribution in [3.05, 3.63) is 35.9 Å². The Hall–Kier alpha value is -2.19. The lowest BCUT2D eigenvalue weighted by molar-refractivity contribution is 0.463. The summed E-state index contributed by atoms with van der Waals surface area (Å²) in [6, 6.07) is 3.79. The van der Waals surface area contributed by atoms with E-state index in [1.165, 1.54) is 11.8 Å². The third-order valence-electron chi connectivity index (χ3n) is 2.90. The number of aromatic nitrogens is 4. The van der Waals surface area contributed by atoms with Gasteiger partial charge in [-0.1, -0.05) is 0 Å². The summed E-state index contributed by atoms with van der Waals surface area (Å²) in [5, 5.41) is 12.3. The van der Waals surface area contributed by atoms with Crippen LogP contribution in [0.2, 0.25) is 0 Å². The SMILES string of the molecule is Cc1occc1-c1nnc(Sc2ncnc3sccc23)o1. The number of rotatable bonds is 3. The molecule has 0 aromatic carbocycles. The van der Waals surface area contributed by atoms with Crippen molar-refractivity contribution in [2.24, 2.45) is 0 Å². The Balaban J connectivity index is 1.68. The van der Waals surface area contributed by atoms with Gasteiger partial charge in [-0.3, -0.25) is 0 Å². The second kappa shape index (κ2) is 4.97. The molecule has 104 valence electrons. The first-order valence-corrected chi connectivity index (χ1v) is 7.75. The predicted octanol–water partition coefficient (Wildman–Crippen LogP) is 3.79. The Morgan fingerprint density at radius 2 is 2.14 bits per heavy atom.